The lowest BCUT2D eigenvalue weighted by Crippen LogP contribution is -2.49. The van der Waals surface area contributed by atoms with Gasteiger partial charge in [0.05, 0.1) is 5.56 Å². The number of rotatable bonds is 6. The summed E-state index contributed by atoms with van der Waals surface area (Å²) in [5.41, 5.74) is 2.57. The number of hydrogen-bond acceptors (Lipinski definition) is 3. The van der Waals surface area contributed by atoms with Crippen LogP contribution >= 0.6 is 11.8 Å². The van der Waals surface area contributed by atoms with E-state index in [0.717, 1.165) is 36.3 Å². The van der Waals surface area contributed by atoms with Crippen molar-refractivity contribution in [3.8, 4) is 5.75 Å². The number of nitrogens with zero attached hydrogens (tertiary/aromatic N) is 1. The van der Waals surface area contributed by atoms with Crippen molar-refractivity contribution in [1.29, 1.82) is 0 Å². The van der Waals surface area contributed by atoms with Gasteiger partial charge in [0.25, 0.3) is 5.91 Å². The monoisotopic (exact) mass is 553 g/mol. The molecule has 2 saturated heterocycles. The Kier molecular flexibility index (Phi) is 7.73. The number of fused-ring (bicyclic) bond motifs is 2. The third-order valence-corrected chi connectivity index (χ3v) is 8.80. The van der Waals surface area contributed by atoms with Crippen molar-refractivity contribution in [1.82, 2.24) is 4.90 Å². The normalized spacial score (nSPS) is 21.2. The molecule has 0 spiro atoms. The second-order valence-corrected chi connectivity index (χ2v) is 12.6. The van der Waals surface area contributed by atoms with Gasteiger partial charge in [-0.15, -0.1) is 11.8 Å². The van der Waals surface area contributed by atoms with Gasteiger partial charge in [-0.05, 0) is 71.8 Å². The molecular formula is C32H34F3NO2S. The van der Waals surface area contributed by atoms with Gasteiger partial charge in [0, 0.05) is 41.1 Å². The number of thioether (sulfide) groups is 1. The largest absolute Gasteiger partial charge is 0.490 e. The molecule has 0 radical (unpaired) electrons. The van der Waals surface area contributed by atoms with Crippen molar-refractivity contribution < 1.29 is 22.7 Å². The maximum absolute atomic E-state index is 13.4. The fourth-order valence-corrected chi connectivity index (χ4v) is 6.46. The summed E-state index contributed by atoms with van der Waals surface area (Å²) in [6.45, 7) is 6.63. The minimum Gasteiger partial charge on any atom is -0.490 e. The number of amides is 1. The topological polar surface area (TPSA) is 29.5 Å². The highest BCUT2D eigenvalue weighted by Gasteiger charge is 2.44. The van der Waals surface area contributed by atoms with E-state index in [-0.39, 0.29) is 35.3 Å². The van der Waals surface area contributed by atoms with E-state index in [9.17, 15) is 18.0 Å². The van der Waals surface area contributed by atoms with Gasteiger partial charge >= 0.3 is 6.18 Å². The van der Waals surface area contributed by atoms with Crippen molar-refractivity contribution in [2.24, 2.45) is 0 Å². The van der Waals surface area contributed by atoms with Gasteiger partial charge in [0.15, 0.2) is 0 Å². The molecule has 0 saturated carbocycles. The molecule has 0 aromatic heterocycles. The van der Waals surface area contributed by atoms with Crippen LogP contribution in [0.4, 0.5) is 13.2 Å². The number of carbonyl (C=O) groups excluding carboxylic acids is 1. The molecule has 3 aromatic carbocycles. The molecule has 0 N–H and O–H groups in total. The molecule has 1 amide bonds. The van der Waals surface area contributed by atoms with E-state index in [1.165, 1.54) is 16.5 Å². The van der Waals surface area contributed by atoms with Gasteiger partial charge in [-0.25, -0.2) is 0 Å². The Bertz CT molecular complexity index is 1280. The van der Waals surface area contributed by atoms with Crippen molar-refractivity contribution in [2.75, 3.05) is 0 Å². The molecule has 39 heavy (non-hydrogen) atoms. The molecule has 2 fully saturated rings. The highest BCUT2D eigenvalue weighted by Crippen LogP contribution is 2.39. The van der Waals surface area contributed by atoms with E-state index in [1.54, 1.807) is 17.8 Å². The highest BCUT2D eigenvalue weighted by molar-refractivity contribution is 7.98. The number of halogens is 3. The maximum Gasteiger partial charge on any atom is 0.416 e. The van der Waals surface area contributed by atoms with Crippen LogP contribution in [0, 0.1) is 0 Å². The van der Waals surface area contributed by atoms with Gasteiger partial charge < -0.3 is 9.64 Å². The lowest BCUT2D eigenvalue weighted by atomic mass is 9.87. The van der Waals surface area contributed by atoms with E-state index in [1.807, 2.05) is 29.2 Å². The quantitative estimate of drug-likeness (QED) is 0.287. The van der Waals surface area contributed by atoms with Crippen LogP contribution in [-0.2, 0) is 17.3 Å². The van der Waals surface area contributed by atoms with E-state index < -0.39 is 11.7 Å². The molecular weight excluding hydrogens is 519 g/mol. The Morgan fingerprint density at radius 1 is 0.897 bits per heavy atom. The second kappa shape index (κ2) is 10.9. The summed E-state index contributed by atoms with van der Waals surface area (Å²) in [5.74, 6) is 1.08. The smallest absolute Gasteiger partial charge is 0.416 e. The van der Waals surface area contributed by atoms with Crippen molar-refractivity contribution in [2.45, 2.75) is 86.9 Å². The Morgan fingerprint density at radius 2 is 1.54 bits per heavy atom. The number of benzene rings is 3. The van der Waals surface area contributed by atoms with Gasteiger partial charge in [-0.3, -0.25) is 4.79 Å². The van der Waals surface area contributed by atoms with Crippen LogP contribution in [0.25, 0.3) is 0 Å². The van der Waals surface area contributed by atoms with Gasteiger partial charge in [-0.2, -0.15) is 13.2 Å². The lowest BCUT2D eigenvalue weighted by Gasteiger charge is -2.39. The number of alkyl halides is 3. The molecule has 7 heteroatoms. The molecule has 3 nitrogen and oxygen atoms in total. The van der Waals surface area contributed by atoms with Crippen molar-refractivity contribution >= 4 is 17.7 Å². The second-order valence-electron chi connectivity index (χ2n) is 11.6. The number of hydrogen-bond donors (Lipinski definition) is 0. The molecule has 2 aliphatic heterocycles. The van der Waals surface area contributed by atoms with Gasteiger partial charge in [0.2, 0.25) is 0 Å². The van der Waals surface area contributed by atoms with Crippen LogP contribution in [0.3, 0.4) is 0 Å². The summed E-state index contributed by atoms with van der Waals surface area (Å²) in [4.78, 5) is 16.6. The first-order chi connectivity index (χ1) is 18.5. The zero-order chi connectivity index (χ0) is 27.8. The first-order valence-corrected chi connectivity index (χ1v) is 14.4. The van der Waals surface area contributed by atoms with E-state index in [2.05, 4.69) is 45.0 Å². The first kappa shape index (κ1) is 27.6. The average molecular weight is 554 g/mol. The predicted octanol–water partition coefficient (Wildman–Crippen LogP) is 8.51. The Labute approximate surface area is 232 Å². The molecule has 0 unspecified atom stereocenters. The zero-order valence-corrected chi connectivity index (χ0v) is 23.3. The molecule has 2 bridgehead atoms. The van der Waals surface area contributed by atoms with Crippen molar-refractivity contribution in [3.63, 3.8) is 0 Å². The summed E-state index contributed by atoms with van der Waals surface area (Å²) in [6, 6.07) is 21.7. The van der Waals surface area contributed by atoms with E-state index in [4.69, 9.17) is 4.74 Å². The van der Waals surface area contributed by atoms with E-state index >= 15 is 0 Å². The zero-order valence-electron chi connectivity index (χ0n) is 22.5. The van der Waals surface area contributed by atoms with Gasteiger partial charge in [-0.1, -0.05) is 51.1 Å². The highest BCUT2D eigenvalue weighted by atomic mass is 32.2. The molecule has 206 valence electrons. The number of ether oxygens (including phenoxy) is 1. The molecule has 3 aromatic rings. The minimum atomic E-state index is -4.40. The fraction of sp³-hybridized carbons (Fsp3) is 0.406. The molecule has 2 atom stereocenters. The summed E-state index contributed by atoms with van der Waals surface area (Å²) in [7, 11) is 0. The molecule has 2 aliphatic rings. The SMILES string of the molecule is CC(C)(C)c1ccc(SCc2ccc(C(=O)N3[C@H]4CC[C@H]3CC(Oc3cccc(C(F)(F)F)c3)C4)cc2)cc1. The van der Waals surface area contributed by atoms with Crippen LogP contribution in [0.2, 0.25) is 0 Å². The predicted molar refractivity (Wildman–Crippen MR) is 149 cm³/mol. The third kappa shape index (κ3) is 6.46. The summed E-state index contributed by atoms with van der Waals surface area (Å²) < 4.78 is 45.2. The van der Waals surface area contributed by atoms with Gasteiger partial charge in [0.1, 0.15) is 11.9 Å². The summed E-state index contributed by atoms with van der Waals surface area (Å²) in [5, 5.41) is 0. The van der Waals surface area contributed by atoms with Crippen LogP contribution in [0.5, 0.6) is 5.75 Å². The number of carbonyl (C=O) groups is 1. The summed E-state index contributed by atoms with van der Waals surface area (Å²) >= 11 is 1.78. The van der Waals surface area contributed by atoms with Crippen molar-refractivity contribution in [3.05, 3.63) is 95.1 Å². The van der Waals surface area contributed by atoms with Crippen LogP contribution in [-0.4, -0.2) is 29.0 Å². The Hall–Kier alpha value is -2.93. The standard InChI is InChI=1S/C32H34F3NO2S/c1-31(2,3)23-11-15-29(16-12-23)39-20-21-7-9-22(10-8-21)30(37)36-25-13-14-26(36)19-28(18-25)38-27-6-4-5-24(17-27)32(33,34)35/h4-12,15-17,25-26,28H,13-14,18-20H2,1-3H3/t25-,26-/m0/s1. The van der Waals surface area contributed by atoms with Crippen LogP contribution < -0.4 is 4.74 Å². The Balaban J connectivity index is 1.17. The lowest BCUT2D eigenvalue weighted by molar-refractivity contribution is -0.137. The summed E-state index contributed by atoms with van der Waals surface area (Å²) in [6.07, 6.45) is -1.57. The fourth-order valence-electron chi connectivity index (χ4n) is 5.60. The Morgan fingerprint density at radius 3 is 2.13 bits per heavy atom. The van der Waals surface area contributed by atoms with E-state index in [0.29, 0.717) is 18.4 Å². The van der Waals surface area contributed by atoms with Crippen LogP contribution in [0.15, 0.2) is 77.7 Å². The number of piperidine rings is 1. The molecule has 0 aliphatic carbocycles. The minimum absolute atomic E-state index is 0.0250. The first-order valence-electron chi connectivity index (χ1n) is 13.5. The third-order valence-electron chi connectivity index (χ3n) is 7.72. The molecule has 5 rings (SSSR count). The van der Waals surface area contributed by atoms with Crippen LogP contribution in [0.1, 0.15) is 73.5 Å². The molecule has 2 heterocycles. The average Bonchev–Trinajstić information content (AvgIpc) is 3.16. The maximum atomic E-state index is 13.4.